The zero-order valence-electron chi connectivity index (χ0n) is 80.5. The molecule has 0 saturated heterocycles. The molecular formula is C103H152N10O7. The molecule has 10 aromatic heterocycles. The number of hydrogen-bond acceptors (Lipinski definition) is 17. The van der Waals surface area contributed by atoms with Crippen molar-refractivity contribution in [2.24, 2.45) is 0 Å². The summed E-state index contributed by atoms with van der Waals surface area (Å²) >= 11 is 0. The molecule has 0 saturated carbocycles. The number of aromatic nitrogens is 10. The number of fused-ring (bicyclic) bond motifs is 1. The second kappa shape index (κ2) is 54.9. The van der Waals surface area contributed by atoms with Gasteiger partial charge < -0.3 is 32.8 Å². The number of aryl methyl sites for hydroxylation is 6. The second-order valence-electron chi connectivity index (χ2n) is 34.6. The minimum atomic E-state index is -0.152. The molecule has 0 amide bonds. The zero-order valence-corrected chi connectivity index (χ0v) is 80.5. The highest BCUT2D eigenvalue weighted by Crippen LogP contribution is 2.28. The number of ether oxygens (including phenoxy) is 6. The zero-order chi connectivity index (χ0) is 90.7. The van der Waals surface area contributed by atoms with E-state index in [1.165, 1.54) is 44.9 Å². The average molecular weight is 1640 g/mol. The molecule has 0 aliphatic carbocycles. The van der Waals surface area contributed by atoms with Crippen molar-refractivity contribution in [2.45, 2.75) is 325 Å². The smallest absolute Gasteiger partial charge is 0.213 e. The third kappa shape index (κ3) is 42.7. The van der Waals surface area contributed by atoms with E-state index < -0.39 is 0 Å². The molecule has 656 valence electrons. The molecule has 0 radical (unpaired) electrons. The molecule has 0 bridgehead atoms. The molecule has 120 heavy (non-hydrogen) atoms. The molecule has 0 spiro atoms. The van der Waals surface area contributed by atoms with Gasteiger partial charge in [-0.1, -0.05) is 181 Å². The maximum Gasteiger partial charge on any atom is 0.213 e. The quantitative estimate of drug-likeness (QED) is 0.0740. The first kappa shape index (κ1) is 106. The number of benzene rings is 1. The minimum Gasteiger partial charge on any atom is -0.497 e. The Hall–Kier alpha value is -10.2. The fourth-order valence-corrected chi connectivity index (χ4v) is 10.7. The number of oxazole rings is 1. The van der Waals surface area contributed by atoms with Crippen LogP contribution in [0.4, 0.5) is 0 Å². The third-order valence-corrected chi connectivity index (χ3v) is 17.7. The summed E-state index contributed by atoms with van der Waals surface area (Å²) in [6.45, 7) is 73.2. The van der Waals surface area contributed by atoms with Crippen molar-refractivity contribution in [3.05, 3.63) is 261 Å². The number of para-hydroxylation sites is 1. The van der Waals surface area contributed by atoms with Gasteiger partial charge in [0.25, 0.3) is 0 Å². The van der Waals surface area contributed by atoms with Crippen molar-refractivity contribution in [1.82, 2.24) is 49.8 Å². The van der Waals surface area contributed by atoms with Crippen LogP contribution in [0.1, 0.15) is 351 Å². The predicted molar refractivity (Wildman–Crippen MR) is 502 cm³/mol. The summed E-state index contributed by atoms with van der Waals surface area (Å²) in [5, 5.41) is 0. The first-order valence-corrected chi connectivity index (χ1v) is 42.9. The molecule has 17 heteroatoms. The van der Waals surface area contributed by atoms with Crippen LogP contribution < -0.4 is 28.4 Å². The molecule has 11 aromatic rings. The Kier molecular flexibility index (Phi) is 48.5. The SMILES string of the molecule is CC(C)Oc1ccc(C(C)C)cn1.CC(C)Oc1ccc(C(C)C)nc1.CC(C)c1ccc(OC(C)(C)C)cn1.COc1cccc(C(C)C)n1.COc1ccnc(C(C)C)c1.Cc1ccc(C(C)C)nc1.Cc1ccc(C(C)C)nc1C.Cc1cccnc1C(C)C.Cc1nc(C(C)C)ccc1OC(C)C.Cc1nc2cccc(C(C)C)c2o1. The molecule has 11 rings (SSSR count). The normalized spacial score (nSPS) is 10.8. The Balaban J connectivity index is 0.000000453. The summed E-state index contributed by atoms with van der Waals surface area (Å²) in [6.07, 6.45) is 11.6. The maximum atomic E-state index is 5.67. The Morgan fingerprint density at radius 3 is 1.26 bits per heavy atom. The first-order chi connectivity index (χ1) is 56.2. The van der Waals surface area contributed by atoms with Gasteiger partial charge in [0.15, 0.2) is 11.5 Å². The van der Waals surface area contributed by atoms with E-state index in [0.29, 0.717) is 70.9 Å². The Morgan fingerprint density at radius 1 is 0.325 bits per heavy atom. The van der Waals surface area contributed by atoms with Gasteiger partial charge >= 0.3 is 0 Å². The number of methoxy groups -OCH3 is 2. The number of pyridine rings is 9. The van der Waals surface area contributed by atoms with Crippen molar-refractivity contribution < 1.29 is 32.8 Å². The second-order valence-corrected chi connectivity index (χ2v) is 34.6. The molecule has 0 aliphatic heterocycles. The summed E-state index contributed by atoms with van der Waals surface area (Å²) < 4.78 is 37.8. The van der Waals surface area contributed by atoms with E-state index in [1.54, 1.807) is 32.8 Å². The van der Waals surface area contributed by atoms with Gasteiger partial charge in [-0.25, -0.2) is 15.0 Å². The predicted octanol–water partition coefficient (Wildman–Crippen LogP) is 28.2. The van der Waals surface area contributed by atoms with Crippen LogP contribution in [0.5, 0.6) is 34.8 Å². The van der Waals surface area contributed by atoms with Crippen LogP contribution >= 0.6 is 0 Å². The molecule has 0 unspecified atom stereocenters. The Labute approximate surface area is 725 Å². The van der Waals surface area contributed by atoms with E-state index in [-0.39, 0.29) is 23.9 Å². The monoisotopic (exact) mass is 1640 g/mol. The molecular weight excluding hydrogens is 1490 g/mol. The van der Waals surface area contributed by atoms with Gasteiger partial charge in [0.1, 0.15) is 34.1 Å². The van der Waals surface area contributed by atoms with Crippen LogP contribution in [0.3, 0.4) is 0 Å². The van der Waals surface area contributed by atoms with E-state index in [4.69, 9.17) is 32.8 Å². The lowest BCUT2D eigenvalue weighted by atomic mass is 10.0. The maximum absolute atomic E-state index is 5.67. The first-order valence-electron chi connectivity index (χ1n) is 42.9. The fourth-order valence-electron chi connectivity index (χ4n) is 10.7. The summed E-state index contributed by atoms with van der Waals surface area (Å²) in [7, 11) is 3.30. The molecule has 0 aliphatic rings. The van der Waals surface area contributed by atoms with E-state index in [9.17, 15) is 0 Å². The van der Waals surface area contributed by atoms with Crippen molar-refractivity contribution in [2.75, 3.05) is 14.2 Å². The van der Waals surface area contributed by atoms with Crippen LogP contribution in [0, 0.1) is 41.5 Å². The lowest BCUT2D eigenvalue weighted by Gasteiger charge is -2.21. The van der Waals surface area contributed by atoms with Crippen molar-refractivity contribution in [3.63, 3.8) is 0 Å². The molecule has 17 nitrogen and oxygen atoms in total. The summed E-state index contributed by atoms with van der Waals surface area (Å²) in [5.74, 6) is 10.6. The Bertz CT molecular complexity index is 4470. The largest absolute Gasteiger partial charge is 0.497 e. The highest BCUT2D eigenvalue weighted by Gasteiger charge is 2.15. The van der Waals surface area contributed by atoms with Gasteiger partial charge in [-0.05, 0) is 257 Å². The van der Waals surface area contributed by atoms with Gasteiger partial charge in [-0.2, -0.15) is 0 Å². The van der Waals surface area contributed by atoms with Gasteiger partial charge in [0.2, 0.25) is 11.8 Å². The van der Waals surface area contributed by atoms with Crippen LogP contribution in [-0.2, 0) is 0 Å². The van der Waals surface area contributed by atoms with E-state index in [0.717, 1.165) is 79.8 Å². The molecule has 1 aromatic carbocycles. The Morgan fingerprint density at radius 2 is 0.833 bits per heavy atom. The average Bonchev–Trinajstić information content (AvgIpc) is 1.67. The standard InChI is InChI=1S/2C12H19NO.C11H13NO.2C11H17NO.C10H15N.2C9H13NO.2C9H13N/c1-9(2)11-7-6-10(8-13-11)14-12(3,4)5;1-8(2)11-6-7-12(10(5)13-11)14-9(3)4;1-7(2)9-5-4-6-10-11(9)13-8(3)12-10;1-8(2)11-6-5-10(7-12-11)13-9(3)4;1-8(2)10-5-6-11(12-7-10)13-9(3)4;1-7(2)10-6-5-8(3)9(4)11-10;1-7(2)9-6-8(11-3)4-5-10-9;1-7(2)8-5-4-6-9(10-8)11-3;1-7(2)9-5-4-8(3)6-10-9;1-7(2)9-8(3)5-4-6-10-9/h2*6-9H,1-5H3;4-7H,1-3H3;2*5-9H,1-4H3;5-7H,1-4H3;2*4-7H,1-3H3;2*4-7H,1-3H3. The van der Waals surface area contributed by atoms with Gasteiger partial charge in [0, 0.05) is 101 Å². The van der Waals surface area contributed by atoms with Crippen molar-refractivity contribution >= 4 is 11.1 Å². The highest BCUT2D eigenvalue weighted by atomic mass is 16.5. The molecule has 0 atom stereocenters. The highest BCUT2D eigenvalue weighted by molar-refractivity contribution is 5.76. The van der Waals surface area contributed by atoms with Crippen LogP contribution in [0.2, 0.25) is 0 Å². The van der Waals surface area contributed by atoms with Gasteiger partial charge in [-0.15, -0.1) is 0 Å². The van der Waals surface area contributed by atoms with Crippen LogP contribution in [0.15, 0.2) is 175 Å². The summed E-state index contributed by atoms with van der Waals surface area (Å²) in [5.41, 5.74) is 19.2. The number of rotatable bonds is 19. The van der Waals surface area contributed by atoms with Gasteiger partial charge in [0.05, 0.1) is 50.6 Å². The van der Waals surface area contributed by atoms with E-state index >= 15 is 0 Å². The topological polar surface area (TPSA) is 197 Å². The third-order valence-electron chi connectivity index (χ3n) is 17.7. The van der Waals surface area contributed by atoms with Gasteiger partial charge in [-0.3, -0.25) is 34.9 Å². The molecule has 0 fully saturated rings. The summed E-state index contributed by atoms with van der Waals surface area (Å²) in [6, 6.07) is 44.3. The molecule has 10 heterocycles. The van der Waals surface area contributed by atoms with E-state index in [1.807, 2.05) is 186 Å². The van der Waals surface area contributed by atoms with E-state index in [2.05, 4.69) is 258 Å². The molecule has 0 N–H and O–H groups in total. The number of hydrogen-bond donors (Lipinski definition) is 0. The fraction of sp³-hybridized carbons (Fsp3) is 0.495. The lowest BCUT2D eigenvalue weighted by Crippen LogP contribution is -2.23. The lowest BCUT2D eigenvalue weighted by molar-refractivity contribution is 0.130. The minimum absolute atomic E-state index is 0.152. The summed E-state index contributed by atoms with van der Waals surface area (Å²) in [4.78, 5) is 43.2. The van der Waals surface area contributed by atoms with Crippen molar-refractivity contribution in [3.8, 4) is 34.8 Å². The number of nitrogens with zero attached hydrogens (tertiary/aromatic N) is 10. The van der Waals surface area contributed by atoms with Crippen molar-refractivity contribution in [1.29, 1.82) is 0 Å². The van der Waals surface area contributed by atoms with Crippen LogP contribution in [-0.4, -0.2) is 88.0 Å². The van der Waals surface area contributed by atoms with Crippen LogP contribution in [0.25, 0.3) is 11.1 Å².